The molecule has 0 fully saturated rings. The maximum Gasteiger partial charge on any atom is 0.271 e. The van der Waals surface area contributed by atoms with Gasteiger partial charge in [-0.2, -0.15) is 0 Å². The Hall–Kier alpha value is -3.36. The molecule has 158 valence electrons. The maximum atomic E-state index is 13.2. The van der Waals surface area contributed by atoms with Crippen molar-refractivity contribution in [3.8, 4) is 16.2 Å². The van der Waals surface area contributed by atoms with Crippen LogP contribution in [0.5, 0.6) is 5.75 Å². The molecule has 31 heavy (non-hydrogen) atoms. The summed E-state index contributed by atoms with van der Waals surface area (Å²) in [4.78, 5) is 29.4. The van der Waals surface area contributed by atoms with Crippen LogP contribution >= 0.6 is 11.3 Å². The van der Waals surface area contributed by atoms with Gasteiger partial charge in [0.15, 0.2) is 5.78 Å². The van der Waals surface area contributed by atoms with Gasteiger partial charge in [-0.15, -0.1) is 11.3 Å². The number of ketones is 1. The number of aliphatic hydroxyl groups is 1. The first-order valence-electron chi connectivity index (χ1n) is 9.57. The van der Waals surface area contributed by atoms with E-state index in [2.05, 4.69) is 4.98 Å². The highest BCUT2D eigenvalue weighted by Crippen LogP contribution is 2.30. The van der Waals surface area contributed by atoms with Gasteiger partial charge in [0.2, 0.25) is 0 Å². The van der Waals surface area contributed by atoms with Gasteiger partial charge in [0.25, 0.3) is 5.56 Å². The summed E-state index contributed by atoms with van der Waals surface area (Å²) in [5, 5.41) is 10.3. The van der Waals surface area contributed by atoms with Gasteiger partial charge in [0, 0.05) is 10.4 Å². The highest BCUT2D eigenvalue weighted by Gasteiger charge is 2.14. The molecule has 2 heterocycles. The highest BCUT2D eigenvalue weighted by molar-refractivity contribution is 7.22. The number of nitrogens with zero attached hydrogens (tertiary/aromatic N) is 2. The summed E-state index contributed by atoms with van der Waals surface area (Å²) in [6.07, 6.45) is 0.445. The van der Waals surface area contributed by atoms with Crippen molar-refractivity contribution in [1.29, 1.82) is 0 Å². The number of hydrogen-bond acceptors (Lipinski definition) is 6. The molecule has 0 radical (unpaired) electrons. The summed E-state index contributed by atoms with van der Waals surface area (Å²) in [6.45, 7) is 1.44. The van der Waals surface area contributed by atoms with Gasteiger partial charge >= 0.3 is 0 Å². The second-order valence-corrected chi connectivity index (χ2v) is 8.14. The molecule has 0 aliphatic carbocycles. The molecule has 8 heteroatoms. The lowest BCUT2D eigenvalue weighted by molar-refractivity contribution is 0.0913. The SMILES string of the molecule is CC(=O)c1cccc(OC[C@H](O)Cn2cnc3cc(-c4ccc(F)cc4)sc3c2=O)c1. The van der Waals surface area contributed by atoms with E-state index < -0.39 is 6.10 Å². The molecule has 0 aliphatic heterocycles. The second kappa shape index (κ2) is 8.79. The van der Waals surface area contributed by atoms with Crippen molar-refractivity contribution in [3.05, 3.63) is 82.7 Å². The Morgan fingerprint density at radius 1 is 1.23 bits per heavy atom. The first-order valence-corrected chi connectivity index (χ1v) is 10.4. The van der Waals surface area contributed by atoms with Crippen LogP contribution in [0.25, 0.3) is 20.7 Å². The van der Waals surface area contributed by atoms with E-state index in [9.17, 15) is 19.1 Å². The Balaban J connectivity index is 1.48. The molecule has 2 aromatic carbocycles. The number of carbonyl (C=O) groups excluding carboxylic acids is 1. The molecule has 1 N–H and O–H groups in total. The van der Waals surface area contributed by atoms with E-state index in [1.165, 1.54) is 41.3 Å². The fourth-order valence-corrected chi connectivity index (χ4v) is 4.17. The Bertz CT molecular complexity index is 1300. The van der Waals surface area contributed by atoms with Crippen molar-refractivity contribution in [2.75, 3.05) is 6.61 Å². The molecule has 6 nitrogen and oxygen atoms in total. The molecular weight excluding hydrogens is 419 g/mol. The third kappa shape index (κ3) is 4.70. The molecule has 0 unspecified atom stereocenters. The molecule has 0 bridgehead atoms. The van der Waals surface area contributed by atoms with Crippen molar-refractivity contribution >= 4 is 27.3 Å². The third-order valence-electron chi connectivity index (χ3n) is 4.72. The summed E-state index contributed by atoms with van der Waals surface area (Å²) < 4.78 is 20.5. The summed E-state index contributed by atoms with van der Waals surface area (Å²) in [6, 6.07) is 14.5. The molecular formula is C23H19FN2O4S. The minimum Gasteiger partial charge on any atom is -0.491 e. The number of aliphatic hydroxyl groups excluding tert-OH is 1. The fourth-order valence-electron chi connectivity index (χ4n) is 3.11. The average molecular weight is 438 g/mol. The van der Waals surface area contributed by atoms with E-state index >= 15 is 0 Å². The van der Waals surface area contributed by atoms with E-state index in [1.54, 1.807) is 42.5 Å². The molecule has 0 amide bonds. The van der Waals surface area contributed by atoms with Crippen molar-refractivity contribution in [1.82, 2.24) is 9.55 Å². The zero-order valence-corrected chi connectivity index (χ0v) is 17.4. The van der Waals surface area contributed by atoms with Crippen molar-refractivity contribution in [2.45, 2.75) is 19.6 Å². The average Bonchev–Trinajstić information content (AvgIpc) is 3.20. The summed E-state index contributed by atoms with van der Waals surface area (Å²) >= 11 is 1.28. The van der Waals surface area contributed by atoms with Crippen LogP contribution in [0.15, 0.2) is 65.7 Å². The van der Waals surface area contributed by atoms with Gasteiger partial charge in [-0.25, -0.2) is 9.37 Å². The van der Waals surface area contributed by atoms with Gasteiger partial charge < -0.3 is 9.84 Å². The monoisotopic (exact) mass is 438 g/mol. The maximum absolute atomic E-state index is 13.2. The van der Waals surface area contributed by atoms with Gasteiger partial charge in [0.05, 0.1) is 18.4 Å². The molecule has 2 aromatic heterocycles. The summed E-state index contributed by atoms with van der Waals surface area (Å²) in [7, 11) is 0. The molecule has 4 aromatic rings. The van der Waals surface area contributed by atoms with Gasteiger partial charge in [0.1, 0.15) is 29.0 Å². The number of thiophene rings is 1. The topological polar surface area (TPSA) is 81.4 Å². The lowest BCUT2D eigenvalue weighted by atomic mass is 10.1. The number of Topliss-reactive ketones (excluding diaryl/α,β-unsaturated/α-hetero) is 1. The number of rotatable bonds is 7. The molecule has 1 atom stereocenters. The number of halogens is 1. The number of fused-ring (bicyclic) bond motifs is 1. The van der Waals surface area contributed by atoms with Crippen LogP contribution in [0.4, 0.5) is 4.39 Å². The first kappa shape index (κ1) is 20.9. The number of aromatic nitrogens is 2. The number of carbonyl (C=O) groups is 1. The van der Waals surface area contributed by atoms with Crippen LogP contribution in [0.2, 0.25) is 0 Å². The number of hydrogen-bond donors (Lipinski definition) is 1. The van der Waals surface area contributed by atoms with Gasteiger partial charge in [-0.3, -0.25) is 14.2 Å². The molecule has 0 saturated carbocycles. The fraction of sp³-hybridized carbons (Fsp3) is 0.174. The van der Waals surface area contributed by atoms with E-state index in [0.717, 1.165) is 10.4 Å². The Labute approximate surface area is 181 Å². The lowest BCUT2D eigenvalue weighted by Crippen LogP contribution is -2.30. The predicted molar refractivity (Wildman–Crippen MR) is 117 cm³/mol. The van der Waals surface area contributed by atoms with E-state index in [4.69, 9.17) is 4.74 Å². The Morgan fingerprint density at radius 3 is 2.74 bits per heavy atom. The molecule has 0 aliphatic rings. The zero-order chi connectivity index (χ0) is 22.0. The van der Waals surface area contributed by atoms with Gasteiger partial charge in [-0.1, -0.05) is 24.3 Å². The normalized spacial score (nSPS) is 12.1. The first-order chi connectivity index (χ1) is 14.9. The quantitative estimate of drug-likeness (QED) is 0.443. The predicted octanol–water partition coefficient (Wildman–Crippen LogP) is 3.91. The van der Waals surface area contributed by atoms with E-state index in [0.29, 0.717) is 21.5 Å². The number of benzene rings is 2. The van der Waals surface area contributed by atoms with Crippen molar-refractivity contribution in [2.24, 2.45) is 0 Å². The minimum atomic E-state index is -0.950. The summed E-state index contributed by atoms with van der Waals surface area (Å²) in [5.74, 6) is 0.0670. The van der Waals surface area contributed by atoms with Crippen LogP contribution in [0, 0.1) is 5.82 Å². The van der Waals surface area contributed by atoms with Crippen molar-refractivity contribution < 1.29 is 19.0 Å². The smallest absolute Gasteiger partial charge is 0.271 e. The summed E-state index contributed by atoms with van der Waals surface area (Å²) in [5.41, 5.74) is 1.61. The number of ether oxygens (including phenoxy) is 1. The Kier molecular flexibility index (Phi) is 5.92. The molecule has 4 rings (SSSR count). The second-order valence-electron chi connectivity index (χ2n) is 7.08. The van der Waals surface area contributed by atoms with Crippen LogP contribution in [0.3, 0.4) is 0 Å². The lowest BCUT2D eigenvalue weighted by Gasteiger charge is -2.14. The van der Waals surface area contributed by atoms with Crippen LogP contribution in [-0.4, -0.2) is 33.2 Å². The standard InChI is InChI=1S/C23H19FN2O4S/c1-14(27)16-3-2-4-19(9-16)30-12-18(28)11-26-13-25-20-10-21(31-22(20)23(26)29)15-5-7-17(24)8-6-15/h2-10,13,18,28H,11-12H2,1H3/t18-/m1/s1. The zero-order valence-electron chi connectivity index (χ0n) is 16.6. The highest BCUT2D eigenvalue weighted by atomic mass is 32.1. The molecule has 0 spiro atoms. The van der Waals surface area contributed by atoms with E-state index in [1.807, 2.05) is 0 Å². The Morgan fingerprint density at radius 2 is 2.00 bits per heavy atom. The van der Waals surface area contributed by atoms with E-state index in [-0.39, 0.29) is 30.3 Å². The van der Waals surface area contributed by atoms with Crippen molar-refractivity contribution in [3.63, 3.8) is 0 Å². The minimum absolute atomic E-state index is 0.0119. The van der Waals surface area contributed by atoms with Crippen LogP contribution in [0.1, 0.15) is 17.3 Å². The van der Waals surface area contributed by atoms with Crippen LogP contribution in [-0.2, 0) is 6.54 Å². The third-order valence-corrected chi connectivity index (χ3v) is 5.88. The molecule has 0 saturated heterocycles. The van der Waals surface area contributed by atoms with Crippen LogP contribution < -0.4 is 10.3 Å². The largest absolute Gasteiger partial charge is 0.491 e. The van der Waals surface area contributed by atoms with Gasteiger partial charge in [-0.05, 0) is 42.8 Å².